The van der Waals surface area contributed by atoms with E-state index in [4.69, 9.17) is 14.2 Å². The first kappa shape index (κ1) is 10.2. The van der Waals surface area contributed by atoms with Gasteiger partial charge in [0.2, 0.25) is 6.79 Å². The Kier molecular flexibility index (Phi) is 1.56. The molecule has 0 saturated carbocycles. The fraction of sp³-hybridized carbons (Fsp3) is 0.500. The number of rotatable bonds is 0. The molecule has 1 aromatic rings. The molecule has 20 heavy (non-hydrogen) atoms. The summed E-state index contributed by atoms with van der Waals surface area (Å²) < 4.78 is 17.4. The van der Waals surface area contributed by atoms with E-state index in [2.05, 4.69) is 29.2 Å². The molecule has 4 nitrogen and oxygen atoms in total. The second kappa shape index (κ2) is 3.05. The lowest BCUT2D eigenvalue weighted by atomic mass is 9.63. The molecule has 5 atom stereocenters. The number of fused-ring (bicyclic) bond motifs is 2. The van der Waals surface area contributed by atoms with Crippen LogP contribution in [0.25, 0.3) is 0 Å². The van der Waals surface area contributed by atoms with Crippen molar-refractivity contribution in [2.24, 2.45) is 0 Å². The summed E-state index contributed by atoms with van der Waals surface area (Å²) in [6.45, 7) is 2.40. The standard InChI is InChI=1S/C16H15NO3/c1-2-16-11-5-13-12(18-8-19-13)3-9(11)6-17-7-15(16)20-10(1)4-14(16)17/h1-3,5,10,14-15H,4,6-8H2/t10?,14-,15-,16-/m0/s1. The van der Waals surface area contributed by atoms with E-state index >= 15 is 0 Å². The van der Waals surface area contributed by atoms with Crippen molar-refractivity contribution in [2.45, 2.75) is 36.6 Å². The summed E-state index contributed by atoms with van der Waals surface area (Å²) in [6, 6.07) is 4.98. The molecule has 2 saturated heterocycles. The summed E-state index contributed by atoms with van der Waals surface area (Å²) >= 11 is 0. The van der Waals surface area contributed by atoms with E-state index < -0.39 is 0 Å². The normalized spacial score (nSPS) is 44.8. The summed E-state index contributed by atoms with van der Waals surface area (Å²) in [7, 11) is 0. The minimum atomic E-state index is 0.0450. The van der Waals surface area contributed by atoms with Gasteiger partial charge in [0.15, 0.2) is 11.5 Å². The number of hydrogen-bond donors (Lipinski definition) is 0. The zero-order chi connectivity index (χ0) is 12.9. The zero-order valence-corrected chi connectivity index (χ0v) is 11.0. The van der Waals surface area contributed by atoms with Crippen LogP contribution >= 0.6 is 0 Å². The van der Waals surface area contributed by atoms with Crippen LogP contribution in [0.5, 0.6) is 11.5 Å². The molecule has 0 radical (unpaired) electrons. The largest absolute Gasteiger partial charge is 0.454 e. The van der Waals surface area contributed by atoms with Crippen LogP contribution in [-0.4, -0.2) is 36.5 Å². The molecule has 0 N–H and O–H groups in total. The first-order valence-electron chi connectivity index (χ1n) is 7.36. The maximum atomic E-state index is 6.26. The minimum Gasteiger partial charge on any atom is -0.454 e. The Labute approximate surface area is 116 Å². The van der Waals surface area contributed by atoms with Crippen molar-refractivity contribution < 1.29 is 14.2 Å². The van der Waals surface area contributed by atoms with Crippen molar-refractivity contribution in [1.82, 2.24) is 4.90 Å². The highest BCUT2D eigenvalue weighted by atomic mass is 16.7. The second-order valence-corrected chi connectivity index (χ2v) is 6.50. The van der Waals surface area contributed by atoms with Crippen LogP contribution < -0.4 is 9.47 Å². The first-order valence-corrected chi connectivity index (χ1v) is 7.36. The van der Waals surface area contributed by atoms with Crippen LogP contribution in [0.2, 0.25) is 0 Å². The fourth-order valence-corrected chi connectivity index (χ4v) is 4.96. The van der Waals surface area contributed by atoms with Gasteiger partial charge in [-0.3, -0.25) is 4.90 Å². The molecule has 4 heteroatoms. The van der Waals surface area contributed by atoms with Crippen LogP contribution in [0, 0.1) is 0 Å². The third-order valence-corrected chi connectivity index (χ3v) is 5.74. The average Bonchev–Trinajstić information content (AvgIpc) is 2.95. The molecule has 0 amide bonds. The summed E-state index contributed by atoms with van der Waals surface area (Å²) in [5, 5.41) is 0. The van der Waals surface area contributed by atoms with E-state index in [1.165, 1.54) is 11.1 Å². The summed E-state index contributed by atoms with van der Waals surface area (Å²) in [5.74, 6) is 1.79. The smallest absolute Gasteiger partial charge is 0.231 e. The van der Waals surface area contributed by atoms with Crippen molar-refractivity contribution in [3.8, 4) is 11.5 Å². The van der Waals surface area contributed by atoms with Gasteiger partial charge in [0.1, 0.15) is 0 Å². The molecule has 5 bridgehead atoms. The van der Waals surface area contributed by atoms with Gasteiger partial charge in [0, 0.05) is 19.1 Å². The van der Waals surface area contributed by atoms with Crippen molar-refractivity contribution in [3.05, 3.63) is 35.4 Å². The van der Waals surface area contributed by atoms with E-state index in [9.17, 15) is 0 Å². The molecule has 2 unspecified atom stereocenters. The van der Waals surface area contributed by atoms with E-state index in [0.717, 1.165) is 31.0 Å². The van der Waals surface area contributed by atoms with E-state index in [1.807, 2.05) is 0 Å². The number of hydrogen-bond acceptors (Lipinski definition) is 4. The van der Waals surface area contributed by atoms with Crippen molar-refractivity contribution in [2.75, 3.05) is 13.3 Å². The molecule has 1 spiro atoms. The fourth-order valence-electron chi connectivity index (χ4n) is 4.96. The molecule has 2 fully saturated rings. The van der Waals surface area contributed by atoms with Gasteiger partial charge in [0.05, 0.1) is 17.6 Å². The minimum absolute atomic E-state index is 0.0450. The van der Waals surface area contributed by atoms with Crippen molar-refractivity contribution >= 4 is 0 Å². The summed E-state index contributed by atoms with van der Waals surface area (Å²) in [4.78, 5) is 2.60. The van der Waals surface area contributed by atoms with Crippen molar-refractivity contribution in [3.63, 3.8) is 0 Å². The van der Waals surface area contributed by atoms with Gasteiger partial charge in [-0.25, -0.2) is 0 Å². The van der Waals surface area contributed by atoms with E-state index in [1.54, 1.807) is 0 Å². The van der Waals surface area contributed by atoms with Crippen LogP contribution in [0.3, 0.4) is 0 Å². The van der Waals surface area contributed by atoms with E-state index in [0.29, 0.717) is 25.0 Å². The average molecular weight is 269 g/mol. The van der Waals surface area contributed by atoms with Gasteiger partial charge in [-0.05, 0) is 29.7 Å². The van der Waals surface area contributed by atoms with Gasteiger partial charge in [0.25, 0.3) is 0 Å². The Morgan fingerprint density at radius 2 is 2.10 bits per heavy atom. The molecule has 1 aliphatic carbocycles. The van der Waals surface area contributed by atoms with Gasteiger partial charge >= 0.3 is 0 Å². The summed E-state index contributed by atoms with van der Waals surface area (Å²) in [5.41, 5.74) is 2.82. The molecule has 102 valence electrons. The SMILES string of the molecule is C1=C[C@@]23c4cc5c(cc4CN4C[C@@H]2OC1C[C@H]43)OCO5. The molecule has 5 aliphatic heterocycles. The lowest BCUT2D eigenvalue weighted by molar-refractivity contribution is -0.0561. The molecule has 7 rings (SSSR count). The molecule has 5 heterocycles. The number of benzene rings is 1. The van der Waals surface area contributed by atoms with Crippen LogP contribution in [0.1, 0.15) is 17.5 Å². The Morgan fingerprint density at radius 3 is 3.05 bits per heavy atom. The maximum absolute atomic E-state index is 6.26. The van der Waals surface area contributed by atoms with Crippen LogP contribution in [-0.2, 0) is 16.7 Å². The highest BCUT2D eigenvalue weighted by molar-refractivity contribution is 5.57. The third-order valence-electron chi connectivity index (χ3n) is 5.74. The van der Waals surface area contributed by atoms with Crippen molar-refractivity contribution in [1.29, 1.82) is 0 Å². The third kappa shape index (κ3) is 0.950. The maximum Gasteiger partial charge on any atom is 0.231 e. The molecule has 6 aliphatic rings. The zero-order valence-electron chi connectivity index (χ0n) is 11.0. The Morgan fingerprint density at radius 1 is 1.20 bits per heavy atom. The topological polar surface area (TPSA) is 30.9 Å². The van der Waals surface area contributed by atoms with Crippen LogP contribution in [0.15, 0.2) is 24.3 Å². The van der Waals surface area contributed by atoms with Gasteiger partial charge in [-0.15, -0.1) is 0 Å². The summed E-state index contributed by atoms with van der Waals surface area (Å²) in [6.07, 6.45) is 6.43. The quantitative estimate of drug-likeness (QED) is 0.669. The lowest BCUT2D eigenvalue weighted by Gasteiger charge is -2.51. The highest BCUT2D eigenvalue weighted by Gasteiger charge is 2.63. The monoisotopic (exact) mass is 269 g/mol. The Bertz CT molecular complexity index is 670. The second-order valence-electron chi connectivity index (χ2n) is 6.50. The first-order chi connectivity index (χ1) is 9.84. The molecular weight excluding hydrogens is 254 g/mol. The van der Waals surface area contributed by atoms with Gasteiger partial charge in [-0.2, -0.15) is 0 Å². The Hall–Kier alpha value is -1.52. The molecule has 1 aromatic carbocycles. The number of nitrogens with zero attached hydrogens (tertiary/aromatic N) is 1. The lowest BCUT2D eigenvalue weighted by Crippen LogP contribution is -2.57. The van der Waals surface area contributed by atoms with Gasteiger partial charge in [-0.1, -0.05) is 12.2 Å². The highest BCUT2D eigenvalue weighted by Crippen LogP contribution is 2.57. The van der Waals surface area contributed by atoms with Gasteiger partial charge < -0.3 is 14.2 Å². The predicted molar refractivity (Wildman–Crippen MR) is 70.9 cm³/mol. The molecule has 0 aromatic heterocycles. The van der Waals surface area contributed by atoms with E-state index in [-0.39, 0.29) is 5.41 Å². The number of ether oxygens (including phenoxy) is 3. The predicted octanol–water partition coefficient (Wildman–Crippen LogP) is 1.58. The van der Waals surface area contributed by atoms with Crippen LogP contribution in [0.4, 0.5) is 0 Å². The Balaban J connectivity index is 1.66. The molecular formula is C16H15NO3.